The van der Waals surface area contributed by atoms with Gasteiger partial charge in [-0.05, 0) is 0 Å². The number of quaternary nitrogens is 3. The fraction of sp³-hybridized carbons (Fsp3) is 0. The first kappa shape index (κ1) is 34.9. The van der Waals surface area contributed by atoms with Gasteiger partial charge in [-0.3, -0.25) is 8.42 Å². The van der Waals surface area contributed by atoms with Gasteiger partial charge in [0.1, 0.15) is 0 Å². The van der Waals surface area contributed by atoms with Gasteiger partial charge in [0.15, 0.2) is 0 Å². The highest BCUT2D eigenvalue weighted by atomic mass is 32.3. The highest BCUT2D eigenvalue weighted by molar-refractivity contribution is 7.79. The Morgan fingerprint density at radius 3 is 1.00 bits per heavy atom. The van der Waals surface area contributed by atoms with Gasteiger partial charge >= 0.3 is 0 Å². The van der Waals surface area contributed by atoms with E-state index in [0.717, 1.165) is 0 Å². The molecule has 0 aliphatic carbocycles. The second-order valence-corrected chi connectivity index (χ2v) is 1.22. The summed E-state index contributed by atoms with van der Waals surface area (Å²) in [6.45, 7) is 4.75. The first-order chi connectivity index (χ1) is 3.00. The summed E-state index contributed by atoms with van der Waals surface area (Å²) >= 11 is 0. The number of hydrogen-bond acceptors (Lipinski definition) is 5. The van der Waals surface area contributed by atoms with Gasteiger partial charge < -0.3 is 39.4 Å². The maximum Gasteiger partial charge on any atom is 0.0311 e. The molecule has 0 aromatic rings. The van der Waals surface area contributed by atoms with E-state index in [1.54, 1.807) is 0 Å². The zero-order valence-corrected chi connectivity index (χ0v) is 6.80. The molecule has 0 aliphatic rings. The highest BCUT2D eigenvalue weighted by Crippen LogP contribution is 1.57. The quantitative estimate of drug-likeness (QED) is 0.260. The average molecular weight is 176 g/mol. The number of rotatable bonds is 0. The van der Waals surface area contributed by atoms with Gasteiger partial charge in [-0.15, -0.1) is 0 Å². The summed E-state index contributed by atoms with van der Waals surface area (Å²) in [6.07, 6.45) is 0. The van der Waals surface area contributed by atoms with E-state index >= 15 is 0 Å². The van der Waals surface area contributed by atoms with E-state index in [-0.39, 0.29) is 18.5 Å². The molecule has 9 heteroatoms. The largest absolute Gasteiger partial charge is 0.759 e. The first-order valence-electron chi connectivity index (χ1n) is 0.890. The Labute approximate surface area is 59.2 Å². The monoisotopic (exact) mass is 176 g/mol. The predicted octanol–water partition coefficient (Wildman–Crippen LogP) is -0.113. The zero-order valence-electron chi connectivity index (χ0n) is 5.99. The van der Waals surface area contributed by atoms with Crippen LogP contribution in [-0.4, -0.2) is 17.5 Å². The van der Waals surface area contributed by atoms with E-state index in [1.807, 2.05) is 0 Å². The smallest absolute Gasteiger partial charge is 0.0311 e. The third kappa shape index (κ3) is 488. The molecule has 66 valence electrons. The van der Waals surface area contributed by atoms with Crippen LogP contribution in [0.15, 0.2) is 0 Å². The van der Waals surface area contributed by atoms with E-state index in [0.29, 0.717) is 0 Å². The molecule has 0 aromatic carbocycles. The number of hydrogen-bond donors (Lipinski definition) is 3. The van der Waals surface area contributed by atoms with E-state index in [4.69, 9.17) is 29.4 Å². The van der Waals surface area contributed by atoms with E-state index in [2.05, 4.69) is 0 Å². The van der Waals surface area contributed by atoms with Gasteiger partial charge in [-0.1, -0.05) is 0 Å². The standard InChI is InChI=1S/CN.3H3N.H2O4S/c1-2;;;;1-5(2,3)4/h;3*1H3;(H2,1,2,3,4)/q-1;;;;/p+1. The van der Waals surface area contributed by atoms with Crippen LogP contribution < -0.4 is 18.5 Å². The SMILES string of the molecule is O=S(=O)([O-])[O-].[C-]#N.[NH4+].[NH4+].[NH4+]. The minimum absolute atomic E-state index is 0. The summed E-state index contributed by atoms with van der Waals surface area (Å²) in [4.78, 5) is 0. The molecular formula is CH12N4O4S. The van der Waals surface area contributed by atoms with Crippen LogP contribution in [0.3, 0.4) is 0 Å². The van der Waals surface area contributed by atoms with Crippen molar-refractivity contribution in [2.45, 2.75) is 0 Å². The molecule has 0 saturated heterocycles. The molecule has 0 heterocycles. The Morgan fingerprint density at radius 1 is 1.00 bits per heavy atom. The lowest BCUT2D eigenvalue weighted by Gasteiger charge is -2.06. The third-order valence-electron chi connectivity index (χ3n) is 0. The molecule has 12 N–H and O–H groups in total. The van der Waals surface area contributed by atoms with Crippen molar-refractivity contribution in [2.75, 3.05) is 0 Å². The van der Waals surface area contributed by atoms with Crippen LogP contribution in [0.5, 0.6) is 0 Å². The van der Waals surface area contributed by atoms with Gasteiger partial charge in [0.05, 0.1) is 0 Å². The summed E-state index contributed by atoms with van der Waals surface area (Å²) in [7, 11) is -5.17. The molecule has 0 bridgehead atoms. The average Bonchev–Trinajstić information content (AvgIpc) is 1.36. The van der Waals surface area contributed by atoms with Crippen molar-refractivity contribution in [3.63, 3.8) is 0 Å². The molecule has 10 heavy (non-hydrogen) atoms. The van der Waals surface area contributed by atoms with Crippen molar-refractivity contribution in [2.24, 2.45) is 0 Å². The van der Waals surface area contributed by atoms with Gasteiger partial charge in [0.2, 0.25) is 0 Å². The molecule has 0 radical (unpaired) electrons. The van der Waals surface area contributed by atoms with Gasteiger partial charge in [0.25, 0.3) is 0 Å². The van der Waals surface area contributed by atoms with Crippen LogP contribution in [0, 0.1) is 11.8 Å². The van der Waals surface area contributed by atoms with E-state index in [9.17, 15) is 0 Å². The molecule has 0 rings (SSSR count). The molecule has 0 spiro atoms. The first-order valence-corrected chi connectivity index (χ1v) is 2.22. The lowest BCUT2D eigenvalue weighted by atomic mass is 11.9. The van der Waals surface area contributed by atoms with Crippen LogP contribution >= 0.6 is 0 Å². The fourth-order valence-electron chi connectivity index (χ4n) is 0. The number of nitrogens with zero attached hydrogens (tertiary/aromatic N) is 1. The molecule has 0 atom stereocenters. The maximum atomic E-state index is 8.52. The van der Waals surface area contributed by atoms with Crippen molar-refractivity contribution in [3.8, 4) is 0 Å². The maximum absolute atomic E-state index is 8.52. The van der Waals surface area contributed by atoms with Gasteiger partial charge in [-0.25, -0.2) is 0 Å². The fourth-order valence-corrected chi connectivity index (χ4v) is 0. The Bertz CT molecular complexity index is 129. The summed E-state index contributed by atoms with van der Waals surface area (Å²) in [5, 5.41) is 6.25. The van der Waals surface area contributed by atoms with E-state index in [1.165, 1.54) is 0 Å². The van der Waals surface area contributed by atoms with Crippen molar-refractivity contribution in [1.82, 2.24) is 18.5 Å². The lowest BCUT2D eigenvalue weighted by molar-refractivity contribution is 0.352. The summed E-state index contributed by atoms with van der Waals surface area (Å²) in [5.74, 6) is 0. The Kier molecular flexibility index (Phi) is 54.9. The van der Waals surface area contributed by atoms with Crippen LogP contribution in [0.25, 0.3) is 0 Å². The molecule has 0 aliphatic heterocycles. The minimum Gasteiger partial charge on any atom is -0.759 e. The second kappa shape index (κ2) is 15.7. The summed E-state index contributed by atoms with van der Waals surface area (Å²) < 4.78 is 34.1. The summed E-state index contributed by atoms with van der Waals surface area (Å²) in [5.41, 5.74) is 0. The van der Waals surface area contributed by atoms with Crippen LogP contribution in [0.2, 0.25) is 0 Å². The lowest BCUT2D eigenvalue weighted by Crippen LogP contribution is -1.91. The summed E-state index contributed by atoms with van der Waals surface area (Å²) in [6, 6.07) is 0. The minimum atomic E-state index is -5.17. The van der Waals surface area contributed by atoms with E-state index < -0.39 is 10.4 Å². The van der Waals surface area contributed by atoms with Crippen molar-refractivity contribution < 1.29 is 17.5 Å². The van der Waals surface area contributed by atoms with Crippen LogP contribution in [0.1, 0.15) is 0 Å². The highest BCUT2D eigenvalue weighted by Gasteiger charge is 1.49. The third-order valence-corrected chi connectivity index (χ3v) is 0. The normalized spacial score (nSPS) is 6.00. The molecule has 0 unspecified atom stereocenters. The molecule has 0 fully saturated rings. The molecular weight excluding hydrogens is 164 g/mol. The van der Waals surface area contributed by atoms with Crippen LogP contribution in [-0.2, 0) is 10.4 Å². The Hall–Kier alpha value is -0.760. The second-order valence-electron chi connectivity index (χ2n) is 0.408. The van der Waals surface area contributed by atoms with Gasteiger partial charge in [-0.2, -0.15) is 0 Å². The topological polar surface area (TPSA) is 214 Å². The van der Waals surface area contributed by atoms with Crippen molar-refractivity contribution in [3.05, 3.63) is 6.57 Å². The van der Waals surface area contributed by atoms with Gasteiger partial charge in [0, 0.05) is 10.4 Å². The zero-order chi connectivity index (χ0) is 6.50. The Morgan fingerprint density at radius 2 is 1.00 bits per heavy atom. The molecule has 0 saturated carbocycles. The molecule has 0 amide bonds. The molecule has 0 aromatic heterocycles. The van der Waals surface area contributed by atoms with Crippen molar-refractivity contribution in [1.29, 1.82) is 5.26 Å². The predicted molar refractivity (Wildman–Crippen MR) is 33.4 cm³/mol. The molecule has 8 nitrogen and oxygen atoms in total. The Balaban J connectivity index is -0.0000000154. The van der Waals surface area contributed by atoms with Crippen LogP contribution in [0.4, 0.5) is 0 Å². The van der Waals surface area contributed by atoms with Crippen molar-refractivity contribution >= 4 is 10.4 Å².